The first-order valence-corrected chi connectivity index (χ1v) is 6.71. The first kappa shape index (κ1) is 13.3. The summed E-state index contributed by atoms with van der Waals surface area (Å²) in [6, 6.07) is 2.71. The number of aromatic nitrogens is 1. The van der Waals surface area contributed by atoms with Crippen molar-refractivity contribution in [2.24, 2.45) is 0 Å². The lowest BCUT2D eigenvalue weighted by atomic mass is 10.0. The van der Waals surface area contributed by atoms with E-state index in [1.807, 2.05) is 19.4 Å². The van der Waals surface area contributed by atoms with Crippen LogP contribution in [-0.4, -0.2) is 50.2 Å². The van der Waals surface area contributed by atoms with Gasteiger partial charge in [0, 0.05) is 32.4 Å². The molecule has 0 bridgehead atoms. The smallest absolute Gasteiger partial charge is 0.0598 e. The van der Waals surface area contributed by atoms with E-state index in [0.717, 1.165) is 13.1 Å². The normalized spacial score (nSPS) is 20.9. The molecule has 1 aliphatic heterocycles. The first-order chi connectivity index (χ1) is 8.72. The zero-order valence-corrected chi connectivity index (χ0v) is 11.7. The summed E-state index contributed by atoms with van der Waals surface area (Å²) >= 11 is 0. The SMILES string of the molecule is CNCc1ccncc1N(C)C1CCCN(C)C1. The van der Waals surface area contributed by atoms with E-state index in [0.29, 0.717) is 6.04 Å². The van der Waals surface area contributed by atoms with Gasteiger partial charge in [0.15, 0.2) is 0 Å². The third-order valence-corrected chi connectivity index (χ3v) is 3.78. The van der Waals surface area contributed by atoms with Gasteiger partial charge in [-0.1, -0.05) is 0 Å². The summed E-state index contributed by atoms with van der Waals surface area (Å²) in [5.74, 6) is 0. The zero-order valence-electron chi connectivity index (χ0n) is 11.7. The lowest BCUT2D eigenvalue weighted by Crippen LogP contribution is -2.45. The van der Waals surface area contributed by atoms with Gasteiger partial charge < -0.3 is 15.1 Å². The second kappa shape index (κ2) is 6.16. The molecule has 1 aliphatic rings. The van der Waals surface area contributed by atoms with Crippen molar-refractivity contribution < 1.29 is 0 Å². The van der Waals surface area contributed by atoms with E-state index in [2.05, 4.69) is 40.3 Å². The third-order valence-electron chi connectivity index (χ3n) is 3.78. The molecule has 4 heteroatoms. The van der Waals surface area contributed by atoms with Gasteiger partial charge in [-0.05, 0) is 45.1 Å². The van der Waals surface area contributed by atoms with Crippen LogP contribution in [0.4, 0.5) is 5.69 Å². The molecule has 1 aromatic rings. The number of hydrogen-bond acceptors (Lipinski definition) is 4. The predicted molar refractivity (Wildman–Crippen MR) is 75.9 cm³/mol. The van der Waals surface area contributed by atoms with E-state index in [4.69, 9.17) is 0 Å². The van der Waals surface area contributed by atoms with Crippen LogP contribution in [0.2, 0.25) is 0 Å². The Kier molecular flexibility index (Phi) is 4.55. The van der Waals surface area contributed by atoms with E-state index < -0.39 is 0 Å². The maximum absolute atomic E-state index is 4.28. The quantitative estimate of drug-likeness (QED) is 0.871. The number of pyridine rings is 1. The molecule has 0 spiro atoms. The highest BCUT2D eigenvalue weighted by atomic mass is 15.2. The van der Waals surface area contributed by atoms with E-state index >= 15 is 0 Å². The van der Waals surface area contributed by atoms with Crippen molar-refractivity contribution in [2.75, 3.05) is 39.1 Å². The summed E-state index contributed by atoms with van der Waals surface area (Å²) in [5, 5.41) is 3.23. The van der Waals surface area contributed by atoms with Gasteiger partial charge in [0.2, 0.25) is 0 Å². The first-order valence-electron chi connectivity index (χ1n) is 6.71. The van der Waals surface area contributed by atoms with Crippen LogP contribution in [0, 0.1) is 0 Å². The van der Waals surface area contributed by atoms with Gasteiger partial charge >= 0.3 is 0 Å². The van der Waals surface area contributed by atoms with E-state index in [9.17, 15) is 0 Å². The van der Waals surface area contributed by atoms with Crippen molar-refractivity contribution in [3.05, 3.63) is 24.0 Å². The molecule has 0 saturated carbocycles. The molecule has 2 heterocycles. The topological polar surface area (TPSA) is 31.4 Å². The minimum Gasteiger partial charge on any atom is -0.369 e. The fraction of sp³-hybridized carbons (Fsp3) is 0.643. The van der Waals surface area contributed by atoms with Crippen LogP contribution in [-0.2, 0) is 6.54 Å². The van der Waals surface area contributed by atoms with Crippen LogP contribution in [0.3, 0.4) is 0 Å². The molecule has 4 nitrogen and oxygen atoms in total. The van der Waals surface area contributed by atoms with Crippen molar-refractivity contribution in [3.63, 3.8) is 0 Å². The number of nitrogens with one attached hydrogen (secondary N) is 1. The van der Waals surface area contributed by atoms with Gasteiger partial charge in [0.25, 0.3) is 0 Å². The van der Waals surface area contributed by atoms with Gasteiger partial charge in [-0.25, -0.2) is 0 Å². The maximum atomic E-state index is 4.28. The molecule has 0 amide bonds. The van der Waals surface area contributed by atoms with E-state index in [1.54, 1.807) is 0 Å². The molecule has 1 atom stereocenters. The molecule has 2 rings (SSSR count). The number of hydrogen-bond donors (Lipinski definition) is 1. The minimum absolute atomic E-state index is 0.601. The molecule has 1 unspecified atom stereocenters. The number of nitrogens with zero attached hydrogens (tertiary/aromatic N) is 3. The van der Waals surface area contributed by atoms with Crippen LogP contribution in [0.1, 0.15) is 18.4 Å². The number of likely N-dealkylation sites (N-methyl/N-ethyl adjacent to an activating group) is 2. The summed E-state index contributed by atoms with van der Waals surface area (Å²) in [7, 11) is 6.39. The summed E-state index contributed by atoms with van der Waals surface area (Å²) in [6.07, 6.45) is 6.42. The van der Waals surface area contributed by atoms with Gasteiger partial charge in [-0.15, -0.1) is 0 Å². The van der Waals surface area contributed by atoms with Crippen LogP contribution < -0.4 is 10.2 Å². The van der Waals surface area contributed by atoms with Crippen molar-refractivity contribution in [2.45, 2.75) is 25.4 Å². The molecule has 0 aliphatic carbocycles. The van der Waals surface area contributed by atoms with E-state index in [-0.39, 0.29) is 0 Å². The summed E-state index contributed by atoms with van der Waals surface area (Å²) < 4.78 is 0. The molecule has 0 aromatic carbocycles. The fourth-order valence-corrected chi connectivity index (χ4v) is 2.72. The molecule has 1 saturated heterocycles. The average Bonchev–Trinajstić information content (AvgIpc) is 2.39. The van der Waals surface area contributed by atoms with Gasteiger partial charge in [-0.3, -0.25) is 4.98 Å². The van der Waals surface area contributed by atoms with Crippen molar-refractivity contribution in [1.82, 2.24) is 15.2 Å². The molecule has 0 radical (unpaired) electrons. The zero-order chi connectivity index (χ0) is 13.0. The average molecular weight is 248 g/mol. The lowest BCUT2D eigenvalue weighted by molar-refractivity contribution is 0.248. The Bertz CT molecular complexity index is 380. The Hall–Kier alpha value is -1.13. The van der Waals surface area contributed by atoms with Crippen molar-refractivity contribution in [1.29, 1.82) is 0 Å². The standard InChI is InChI=1S/C14H24N4/c1-15-9-12-6-7-16-10-14(12)18(3)13-5-4-8-17(2)11-13/h6-7,10,13,15H,4-5,8-9,11H2,1-3H3. The Morgan fingerprint density at radius 2 is 2.39 bits per heavy atom. The number of piperidine rings is 1. The van der Waals surface area contributed by atoms with Crippen molar-refractivity contribution >= 4 is 5.69 Å². The van der Waals surface area contributed by atoms with Crippen LogP contribution in [0.5, 0.6) is 0 Å². The summed E-state index contributed by atoms with van der Waals surface area (Å²) in [6.45, 7) is 3.26. The van der Waals surface area contributed by atoms with Crippen molar-refractivity contribution in [3.8, 4) is 0 Å². The summed E-state index contributed by atoms with van der Waals surface area (Å²) in [5.41, 5.74) is 2.58. The second-order valence-electron chi connectivity index (χ2n) is 5.20. The maximum Gasteiger partial charge on any atom is 0.0598 e. The second-order valence-corrected chi connectivity index (χ2v) is 5.20. The molecular formula is C14H24N4. The molecule has 18 heavy (non-hydrogen) atoms. The largest absolute Gasteiger partial charge is 0.369 e. The number of likely N-dealkylation sites (tertiary alicyclic amines) is 1. The molecule has 1 N–H and O–H groups in total. The van der Waals surface area contributed by atoms with E-state index in [1.165, 1.54) is 30.6 Å². The Morgan fingerprint density at radius 1 is 1.56 bits per heavy atom. The Labute approximate surface area is 110 Å². The summed E-state index contributed by atoms with van der Waals surface area (Å²) in [4.78, 5) is 9.09. The highest BCUT2D eigenvalue weighted by Gasteiger charge is 2.22. The highest BCUT2D eigenvalue weighted by Crippen LogP contribution is 2.23. The Balaban J connectivity index is 2.14. The van der Waals surface area contributed by atoms with Crippen LogP contribution >= 0.6 is 0 Å². The van der Waals surface area contributed by atoms with Gasteiger partial charge in [0.1, 0.15) is 0 Å². The highest BCUT2D eigenvalue weighted by molar-refractivity contribution is 5.52. The monoisotopic (exact) mass is 248 g/mol. The minimum atomic E-state index is 0.601. The fourth-order valence-electron chi connectivity index (χ4n) is 2.72. The number of anilines is 1. The Morgan fingerprint density at radius 3 is 3.11 bits per heavy atom. The van der Waals surface area contributed by atoms with Gasteiger partial charge in [0.05, 0.1) is 11.9 Å². The molecule has 100 valence electrons. The van der Waals surface area contributed by atoms with Gasteiger partial charge in [-0.2, -0.15) is 0 Å². The third kappa shape index (κ3) is 3.00. The molecular weight excluding hydrogens is 224 g/mol. The predicted octanol–water partition coefficient (Wildman–Crippen LogP) is 1.33. The molecule has 1 aromatic heterocycles. The van der Waals surface area contributed by atoms with Crippen LogP contribution in [0.15, 0.2) is 18.5 Å². The van der Waals surface area contributed by atoms with Crippen LogP contribution in [0.25, 0.3) is 0 Å². The number of rotatable bonds is 4. The lowest BCUT2D eigenvalue weighted by Gasteiger charge is -2.37. The molecule has 1 fully saturated rings.